The van der Waals surface area contributed by atoms with Gasteiger partial charge in [0.1, 0.15) is 10.1 Å². The number of nitrogens with two attached hydrogens (primary N) is 1. The lowest BCUT2D eigenvalue weighted by Gasteiger charge is -2.12. The fourth-order valence-corrected chi connectivity index (χ4v) is 3.32. The van der Waals surface area contributed by atoms with Crippen LogP contribution < -0.4 is 10.5 Å². The number of hydrogen-bond acceptors (Lipinski definition) is 3. The summed E-state index contributed by atoms with van der Waals surface area (Å²) in [5.74, 6) is -0.279. The van der Waals surface area contributed by atoms with Crippen LogP contribution in [0, 0.1) is 0 Å². The number of alkyl halides is 3. The molecule has 0 radical (unpaired) electrons. The summed E-state index contributed by atoms with van der Waals surface area (Å²) in [6.07, 6.45) is -4.70. The Morgan fingerprint density at radius 1 is 1.25 bits per heavy atom. The van der Waals surface area contributed by atoms with Crippen LogP contribution in [-0.4, -0.2) is 6.36 Å². The Morgan fingerprint density at radius 3 is 2.30 bits per heavy atom. The molecule has 0 aliphatic carbocycles. The molecule has 1 heterocycles. The summed E-state index contributed by atoms with van der Waals surface area (Å²) in [6, 6.07) is 6.78. The second kappa shape index (κ2) is 5.93. The molecule has 8 heteroatoms. The molecule has 0 spiro atoms. The minimum atomic E-state index is -4.70. The van der Waals surface area contributed by atoms with Crippen molar-refractivity contribution in [3.05, 3.63) is 49.6 Å². The van der Waals surface area contributed by atoms with E-state index >= 15 is 0 Å². The van der Waals surface area contributed by atoms with Crippen molar-refractivity contribution < 1.29 is 17.9 Å². The molecule has 1 aromatic heterocycles. The standard InChI is InChI=1S/C12H8BrClF3NOS/c13-8-5-9(20-11(8)14)10(18)6-1-3-7(4-2-6)19-12(15,16)17/h1-5,10H,18H2. The maximum atomic E-state index is 12.0. The third-order valence-corrected chi connectivity index (χ3v) is 5.00. The van der Waals surface area contributed by atoms with Gasteiger partial charge in [0, 0.05) is 9.35 Å². The molecule has 2 N–H and O–H groups in total. The first kappa shape index (κ1) is 15.6. The lowest BCUT2D eigenvalue weighted by atomic mass is 10.1. The Hall–Kier alpha value is -0.760. The molecule has 20 heavy (non-hydrogen) atoms. The molecule has 108 valence electrons. The van der Waals surface area contributed by atoms with Crippen LogP contribution in [0.3, 0.4) is 0 Å². The molecule has 1 unspecified atom stereocenters. The van der Waals surface area contributed by atoms with Crippen LogP contribution in [0.25, 0.3) is 0 Å². The minimum absolute atomic E-state index is 0.279. The van der Waals surface area contributed by atoms with Crippen molar-refractivity contribution in [2.75, 3.05) is 0 Å². The zero-order valence-electron chi connectivity index (χ0n) is 9.75. The van der Waals surface area contributed by atoms with Crippen LogP contribution in [0.2, 0.25) is 4.34 Å². The number of hydrogen-bond donors (Lipinski definition) is 1. The van der Waals surface area contributed by atoms with Crippen LogP contribution >= 0.6 is 38.9 Å². The van der Waals surface area contributed by atoms with Gasteiger partial charge in [-0.2, -0.15) is 0 Å². The van der Waals surface area contributed by atoms with Crippen molar-refractivity contribution in [3.63, 3.8) is 0 Å². The summed E-state index contributed by atoms with van der Waals surface area (Å²) >= 11 is 10.5. The number of halogens is 5. The first-order chi connectivity index (χ1) is 9.26. The zero-order valence-corrected chi connectivity index (χ0v) is 12.9. The predicted octanol–water partition coefficient (Wildman–Crippen LogP) is 5.11. The number of thiophene rings is 1. The van der Waals surface area contributed by atoms with Gasteiger partial charge >= 0.3 is 6.36 Å². The Balaban J connectivity index is 2.17. The molecule has 1 atom stereocenters. The van der Waals surface area contributed by atoms with Gasteiger partial charge in [-0.05, 0) is 39.7 Å². The lowest BCUT2D eigenvalue weighted by Crippen LogP contribution is -2.17. The Morgan fingerprint density at radius 2 is 1.85 bits per heavy atom. The monoisotopic (exact) mass is 385 g/mol. The van der Waals surface area contributed by atoms with E-state index in [2.05, 4.69) is 20.7 Å². The maximum Gasteiger partial charge on any atom is 0.573 e. The topological polar surface area (TPSA) is 35.2 Å². The summed E-state index contributed by atoms with van der Waals surface area (Å²) in [6.45, 7) is 0. The van der Waals surface area contributed by atoms with Crippen molar-refractivity contribution in [3.8, 4) is 5.75 Å². The first-order valence-corrected chi connectivity index (χ1v) is 7.31. The zero-order chi connectivity index (χ0) is 14.9. The van der Waals surface area contributed by atoms with E-state index in [1.54, 1.807) is 6.07 Å². The van der Waals surface area contributed by atoms with Crippen molar-refractivity contribution >= 4 is 38.9 Å². The highest BCUT2D eigenvalue weighted by molar-refractivity contribution is 9.10. The minimum Gasteiger partial charge on any atom is -0.406 e. The molecule has 0 saturated carbocycles. The quantitative estimate of drug-likeness (QED) is 0.795. The van der Waals surface area contributed by atoms with Gasteiger partial charge in [0.25, 0.3) is 0 Å². The summed E-state index contributed by atoms with van der Waals surface area (Å²) in [5.41, 5.74) is 6.71. The second-order valence-electron chi connectivity index (χ2n) is 3.86. The van der Waals surface area contributed by atoms with E-state index in [0.29, 0.717) is 9.90 Å². The van der Waals surface area contributed by atoms with E-state index in [0.717, 1.165) is 9.35 Å². The molecule has 0 fully saturated rings. The second-order valence-corrected chi connectivity index (χ2v) is 6.41. The summed E-state index contributed by atoms with van der Waals surface area (Å²) in [7, 11) is 0. The normalized spacial score (nSPS) is 13.3. The van der Waals surface area contributed by atoms with Crippen LogP contribution in [0.15, 0.2) is 34.8 Å². The smallest absolute Gasteiger partial charge is 0.406 e. The van der Waals surface area contributed by atoms with Gasteiger partial charge in [-0.25, -0.2) is 0 Å². The van der Waals surface area contributed by atoms with Gasteiger partial charge in [0.05, 0.1) is 6.04 Å². The maximum absolute atomic E-state index is 12.0. The average molecular weight is 387 g/mol. The fourth-order valence-electron chi connectivity index (χ4n) is 1.56. The van der Waals surface area contributed by atoms with Gasteiger partial charge in [-0.3, -0.25) is 0 Å². The Bertz CT molecular complexity index is 580. The molecule has 0 aliphatic heterocycles. The highest BCUT2D eigenvalue weighted by atomic mass is 79.9. The van der Waals surface area contributed by atoms with Crippen LogP contribution in [-0.2, 0) is 0 Å². The molecule has 2 rings (SSSR count). The Kier molecular flexibility index (Phi) is 4.63. The number of rotatable bonds is 3. The molecule has 0 amide bonds. The largest absolute Gasteiger partial charge is 0.573 e. The van der Waals surface area contributed by atoms with E-state index in [1.165, 1.54) is 35.6 Å². The van der Waals surface area contributed by atoms with Gasteiger partial charge < -0.3 is 10.5 Å². The predicted molar refractivity (Wildman–Crippen MR) is 76.2 cm³/mol. The molecular weight excluding hydrogens is 379 g/mol. The van der Waals surface area contributed by atoms with Crippen molar-refractivity contribution in [2.24, 2.45) is 5.73 Å². The van der Waals surface area contributed by atoms with Crippen LogP contribution in [0.5, 0.6) is 5.75 Å². The number of benzene rings is 1. The molecule has 2 aromatic rings. The first-order valence-electron chi connectivity index (χ1n) is 5.32. The van der Waals surface area contributed by atoms with Gasteiger partial charge in [0.15, 0.2) is 0 Å². The van der Waals surface area contributed by atoms with Gasteiger partial charge in [0.2, 0.25) is 0 Å². The summed E-state index contributed by atoms with van der Waals surface area (Å²) < 4.78 is 41.3. The molecular formula is C12H8BrClF3NOS. The molecule has 0 saturated heterocycles. The third kappa shape index (κ3) is 3.88. The highest BCUT2D eigenvalue weighted by Gasteiger charge is 2.31. The lowest BCUT2D eigenvalue weighted by molar-refractivity contribution is -0.274. The van der Waals surface area contributed by atoms with E-state index < -0.39 is 12.4 Å². The third-order valence-electron chi connectivity index (χ3n) is 2.44. The molecule has 1 aromatic carbocycles. The summed E-state index contributed by atoms with van der Waals surface area (Å²) in [4.78, 5) is 0.811. The van der Waals surface area contributed by atoms with E-state index in [-0.39, 0.29) is 5.75 Å². The van der Waals surface area contributed by atoms with Crippen molar-refractivity contribution in [1.82, 2.24) is 0 Å². The van der Waals surface area contributed by atoms with Crippen molar-refractivity contribution in [2.45, 2.75) is 12.4 Å². The van der Waals surface area contributed by atoms with E-state index in [9.17, 15) is 13.2 Å². The summed E-state index contributed by atoms with van der Waals surface area (Å²) in [5, 5.41) is 0. The fraction of sp³-hybridized carbons (Fsp3) is 0.167. The Labute approximate surface area is 130 Å². The number of ether oxygens (including phenoxy) is 1. The van der Waals surface area contributed by atoms with Crippen LogP contribution in [0.1, 0.15) is 16.5 Å². The van der Waals surface area contributed by atoms with Crippen LogP contribution in [0.4, 0.5) is 13.2 Å². The molecule has 0 bridgehead atoms. The van der Waals surface area contributed by atoms with Crippen molar-refractivity contribution in [1.29, 1.82) is 0 Å². The highest BCUT2D eigenvalue weighted by Crippen LogP contribution is 2.36. The van der Waals surface area contributed by atoms with Gasteiger partial charge in [-0.1, -0.05) is 23.7 Å². The average Bonchev–Trinajstić information content (AvgIpc) is 2.68. The van der Waals surface area contributed by atoms with E-state index in [1.807, 2.05) is 0 Å². The SMILES string of the molecule is NC(c1ccc(OC(F)(F)F)cc1)c1cc(Br)c(Cl)s1. The van der Waals surface area contributed by atoms with Gasteiger partial charge in [-0.15, -0.1) is 24.5 Å². The molecule has 0 aliphatic rings. The molecule has 2 nitrogen and oxygen atoms in total. The van der Waals surface area contributed by atoms with E-state index in [4.69, 9.17) is 17.3 Å².